The Balaban J connectivity index is 1.41. The van der Waals surface area contributed by atoms with Crippen molar-refractivity contribution in [1.29, 1.82) is 0 Å². The number of hydrogen-bond donors (Lipinski definition) is 0. The molecule has 0 saturated heterocycles. The second-order valence-corrected chi connectivity index (χ2v) is 8.77. The number of hydrogen-bond acceptors (Lipinski definition) is 4. The topological polar surface area (TPSA) is 59.0 Å². The maximum atomic E-state index is 13.3. The molecular weight excluding hydrogens is 472 g/mol. The Bertz CT molecular complexity index is 1490. The molecule has 5 nitrogen and oxygen atoms in total. The van der Waals surface area contributed by atoms with Crippen LogP contribution in [0.3, 0.4) is 0 Å². The van der Waals surface area contributed by atoms with Crippen molar-refractivity contribution in [2.45, 2.75) is 12.5 Å². The van der Waals surface area contributed by atoms with Crippen LogP contribution in [-0.4, -0.2) is 22.6 Å². The zero-order chi connectivity index (χ0) is 26.2. The van der Waals surface area contributed by atoms with Gasteiger partial charge in [-0.3, -0.25) is 4.79 Å². The fraction of sp³-hybridized carbons (Fsp3) is 0.0606. The average Bonchev–Trinajstić information content (AvgIpc) is 3.42. The first-order valence-electron chi connectivity index (χ1n) is 12.4. The van der Waals surface area contributed by atoms with Crippen LogP contribution < -0.4 is 4.74 Å². The Kier molecular flexibility index (Phi) is 7.66. The van der Waals surface area contributed by atoms with Crippen LogP contribution in [0.25, 0.3) is 12.2 Å². The molecule has 0 N–H and O–H groups in total. The molecule has 1 atom stereocenters. The van der Waals surface area contributed by atoms with Crippen LogP contribution in [0.4, 0.5) is 0 Å². The lowest BCUT2D eigenvalue weighted by Gasteiger charge is -2.20. The maximum absolute atomic E-state index is 13.3. The molecule has 0 spiro atoms. The molecule has 1 heterocycles. The summed E-state index contributed by atoms with van der Waals surface area (Å²) in [4.78, 5) is 25.9. The minimum atomic E-state index is -0.488. The molecule has 1 amide bonds. The van der Waals surface area contributed by atoms with E-state index in [0.29, 0.717) is 23.4 Å². The second-order valence-electron chi connectivity index (χ2n) is 8.77. The van der Waals surface area contributed by atoms with Crippen LogP contribution in [0.2, 0.25) is 0 Å². The number of esters is 1. The van der Waals surface area contributed by atoms with Crippen LogP contribution in [0.1, 0.15) is 34.7 Å². The third kappa shape index (κ3) is 6.02. The van der Waals surface area contributed by atoms with Gasteiger partial charge in [0, 0.05) is 24.1 Å². The summed E-state index contributed by atoms with van der Waals surface area (Å²) >= 11 is 0. The number of amides is 1. The molecule has 4 aromatic rings. The molecule has 4 aromatic carbocycles. The molecule has 0 bridgehead atoms. The number of carbonyl (C=O) groups excluding carboxylic acids is 2. The number of benzene rings is 4. The van der Waals surface area contributed by atoms with Gasteiger partial charge in [0.1, 0.15) is 5.75 Å². The van der Waals surface area contributed by atoms with Crippen LogP contribution in [-0.2, 0) is 9.59 Å². The summed E-state index contributed by atoms with van der Waals surface area (Å²) in [6.07, 6.45) is 6.93. The lowest BCUT2D eigenvalue weighted by Crippen LogP contribution is -2.25. The largest absolute Gasteiger partial charge is 0.423 e. The van der Waals surface area contributed by atoms with E-state index in [9.17, 15) is 9.59 Å². The van der Waals surface area contributed by atoms with Gasteiger partial charge in [-0.2, -0.15) is 5.10 Å². The van der Waals surface area contributed by atoms with Gasteiger partial charge in [0.15, 0.2) is 0 Å². The van der Waals surface area contributed by atoms with Gasteiger partial charge in [-0.1, -0.05) is 103 Å². The molecule has 0 aromatic heterocycles. The molecular formula is C33H26N2O3. The molecule has 186 valence electrons. The van der Waals surface area contributed by atoms with E-state index >= 15 is 0 Å². The van der Waals surface area contributed by atoms with Crippen molar-refractivity contribution in [2.24, 2.45) is 5.10 Å². The Morgan fingerprint density at radius 2 is 1.26 bits per heavy atom. The third-order valence-electron chi connectivity index (χ3n) is 6.16. The highest BCUT2D eigenvalue weighted by Gasteiger charge is 2.33. The molecule has 1 aliphatic heterocycles. The highest BCUT2D eigenvalue weighted by atomic mass is 16.5. The van der Waals surface area contributed by atoms with Crippen molar-refractivity contribution in [3.63, 3.8) is 0 Å². The van der Waals surface area contributed by atoms with E-state index in [0.717, 1.165) is 16.7 Å². The van der Waals surface area contributed by atoms with Gasteiger partial charge >= 0.3 is 5.97 Å². The number of rotatable bonds is 7. The third-order valence-corrected chi connectivity index (χ3v) is 6.16. The van der Waals surface area contributed by atoms with Gasteiger partial charge in [-0.05, 0) is 41.0 Å². The number of carbonyl (C=O) groups is 2. The molecule has 0 saturated carbocycles. The molecule has 5 heteroatoms. The van der Waals surface area contributed by atoms with Crippen LogP contribution in [0.5, 0.6) is 5.75 Å². The standard InChI is InChI=1S/C33H26N2O3/c36-32(22-20-25-12-4-1-5-13-25)35-30(27-16-8-3-9-17-27)24-29(34-35)28-18-10-11-19-31(28)38-33(37)23-21-26-14-6-2-7-15-26/h1-23,30H,24H2/b22-20+,23-21+/t30-/m0/s1. The highest BCUT2D eigenvalue weighted by molar-refractivity contribution is 6.06. The summed E-state index contributed by atoms with van der Waals surface area (Å²) in [5.74, 6) is -0.314. The van der Waals surface area contributed by atoms with Crippen molar-refractivity contribution in [1.82, 2.24) is 5.01 Å². The minimum absolute atomic E-state index is 0.224. The van der Waals surface area contributed by atoms with E-state index in [2.05, 4.69) is 0 Å². The normalized spacial score (nSPS) is 15.1. The molecule has 38 heavy (non-hydrogen) atoms. The van der Waals surface area contributed by atoms with E-state index < -0.39 is 5.97 Å². The summed E-state index contributed by atoms with van der Waals surface area (Å²) < 4.78 is 5.70. The first kappa shape index (κ1) is 24.7. The first-order chi connectivity index (χ1) is 18.7. The maximum Gasteiger partial charge on any atom is 0.336 e. The fourth-order valence-electron chi connectivity index (χ4n) is 4.28. The Morgan fingerprint density at radius 1 is 0.711 bits per heavy atom. The monoisotopic (exact) mass is 498 g/mol. The smallest absolute Gasteiger partial charge is 0.336 e. The quantitative estimate of drug-likeness (QED) is 0.162. The zero-order valence-electron chi connectivity index (χ0n) is 20.7. The minimum Gasteiger partial charge on any atom is -0.423 e. The molecule has 0 unspecified atom stereocenters. The number of para-hydroxylation sites is 1. The van der Waals surface area contributed by atoms with Gasteiger partial charge < -0.3 is 4.74 Å². The van der Waals surface area contributed by atoms with Crippen LogP contribution >= 0.6 is 0 Å². The summed E-state index contributed by atoms with van der Waals surface area (Å²) in [5, 5.41) is 6.24. The summed E-state index contributed by atoms with van der Waals surface area (Å²) in [7, 11) is 0. The number of ether oxygens (including phenoxy) is 1. The van der Waals surface area contributed by atoms with Gasteiger partial charge in [0.25, 0.3) is 5.91 Å². The van der Waals surface area contributed by atoms with Gasteiger partial charge in [0.2, 0.25) is 0 Å². The molecule has 1 aliphatic rings. The fourth-order valence-corrected chi connectivity index (χ4v) is 4.28. The zero-order valence-corrected chi connectivity index (χ0v) is 20.7. The Hall–Kier alpha value is -5.03. The Morgan fingerprint density at radius 3 is 1.92 bits per heavy atom. The van der Waals surface area contributed by atoms with E-state index in [-0.39, 0.29) is 11.9 Å². The van der Waals surface area contributed by atoms with Gasteiger partial charge in [0.05, 0.1) is 11.8 Å². The summed E-state index contributed by atoms with van der Waals surface area (Å²) in [6.45, 7) is 0. The number of nitrogens with zero attached hydrogens (tertiary/aromatic N) is 2. The second kappa shape index (κ2) is 11.8. The lowest BCUT2D eigenvalue weighted by molar-refractivity contribution is -0.129. The predicted molar refractivity (Wildman–Crippen MR) is 150 cm³/mol. The van der Waals surface area contributed by atoms with Crippen molar-refractivity contribution >= 4 is 29.7 Å². The van der Waals surface area contributed by atoms with Crippen molar-refractivity contribution in [3.8, 4) is 5.75 Å². The predicted octanol–water partition coefficient (Wildman–Crippen LogP) is 6.70. The van der Waals surface area contributed by atoms with Crippen molar-refractivity contribution < 1.29 is 14.3 Å². The van der Waals surface area contributed by atoms with Crippen LogP contribution in [0, 0.1) is 0 Å². The SMILES string of the molecule is O=C(/C=C/c1ccccc1)Oc1ccccc1C1=NN(C(=O)/C=C/c2ccccc2)[C@H](c2ccccc2)C1. The Labute approximate surface area is 222 Å². The first-order valence-corrected chi connectivity index (χ1v) is 12.4. The molecule has 0 aliphatic carbocycles. The van der Waals surface area contributed by atoms with E-state index in [1.807, 2.05) is 109 Å². The van der Waals surface area contributed by atoms with E-state index in [4.69, 9.17) is 9.84 Å². The molecule has 5 rings (SSSR count). The molecule has 0 fully saturated rings. The van der Waals surface area contributed by atoms with Crippen LogP contribution in [0.15, 0.2) is 133 Å². The summed E-state index contributed by atoms with van der Waals surface area (Å²) in [5.41, 5.74) is 4.17. The van der Waals surface area contributed by atoms with Crippen molar-refractivity contribution in [2.75, 3.05) is 0 Å². The average molecular weight is 499 g/mol. The van der Waals surface area contributed by atoms with Gasteiger partial charge in [-0.25, -0.2) is 9.80 Å². The number of hydrazone groups is 1. The van der Waals surface area contributed by atoms with Gasteiger partial charge in [-0.15, -0.1) is 0 Å². The highest BCUT2D eigenvalue weighted by Crippen LogP contribution is 2.35. The molecule has 0 radical (unpaired) electrons. The van der Waals surface area contributed by atoms with Crippen molar-refractivity contribution in [3.05, 3.63) is 150 Å². The lowest BCUT2D eigenvalue weighted by atomic mass is 9.98. The van der Waals surface area contributed by atoms with E-state index in [1.165, 1.54) is 17.2 Å². The van der Waals surface area contributed by atoms with E-state index in [1.54, 1.807) is 18.2 Å². The summed E-state index contributed by atoms with van der Waals surface area (Å²) in [6, 6.07) is 36.0.